The van der Waals surface area contributed by atoms with Crippen LogP contribution in [0.5, 0.6) is 0 Å². The second-order valence-electron chi connectivity index (χ2n) is 7.55. The second kappa shape index (κ2) is 7.51. The summed E-state index contributed by atoms with van der Waals surface area (Å²) in [5.74, 6) is 2.22. The fraction of sp³-hybridized carbons (Fsp3) is 0.632. The van der Waals surface area contributed by atoms with E-state index in [1.165, 1.54) is 32.1 Å². The molecule has 2 aliphatic rings. The number of anilines is 1. The highest BCUT2D eigenvalue weighted by Gasteiger charge is 2.32. The van der Waals surface area contributed by atoms with E-state index in [0.29, 0.717) is 5.92 Å². The summed E-state index contributed by atoms with van der Waals surface area (Å²) in [5, 5.41) is 11.6. The maximum atomic E-state index is 12.9. The summed E-state index contributed by atoms with van der Waals surface area (Å²) in [5.41, 5.74) is 0.839. The number of urea groups is 1. The van der Waals surface area contributed by atoms with Gasteiger partial charge in [0.2, 0.25) is 0 Å². The van der Waals surface area contributed by atoms with Crippen LogP contribution in [0.1, 0.15) is 62.4 Å². The molecule has 2 aromatic heterocycles. The van der Waals surface area contributed by atoms with E-state index < -0.39 is 0 Å². The number of nitrogens with zero attached hydrogens (tertiary/aromatic N) is 4. The van der Waals surface area contributed by atoms with Gasteiger partial charge in [-0.2, -0.15) is 5.10 Å². The van der Waals surface area contributed by atoms with Crippen LogP contribution in [0, 0.1) is 12.8 Å². The molecule has 1 N–H and O–H groups in total. The lowest BCUT2D eigenvalue weighted by molar-refractivity contribution is 0.204. The Kier molecular flexibility index (Phi) is 4.95. The topological polar surface area (TPSA) is 76.2 Å². The van der Waals surface area contributed by atoms with Crippen LogP contribution in [0.2, 0.25) is 0 Å². The lowest BCUT2D eigenvalue weighted by Crippen LogP contribution is -2.35. The normalized spacial score (nSPS) is 21.3. The van der Waals surface area contributed by atoms with Gasteiger partial charge in [0, 0.05) is 25.2 Å². The van der Waals surface area contributed by atoms with Gasteiger partial charge >= 0.3 is 6.03 Å². The average Bonchev–Trinajstić information content (AvgIpc) is 3.37. The number of aromatic nitrogens is 3. The zero-order chi connectivity index (χ0) is 17.9. The molecule has 1 aliphatic carbocycles. The quantitative estimate of drug-likeness (QED) is 0.892. The predicted octanol–water partition coefficient (Wildman–Crippen LogP) is 4.13. The number of rotatable bonds is 4. The molecule has 1 saturated carbocycles. The molecule has 1 aliphatic heterocycles. The number of amides is 2. The van der Waals surface area contributed by atoms with Crippen molar-refractivity contribution in [3.63, 3.8) is 0 Å². The van der Waals surface area contributed by atoms with Gasteiger partial charge in [-0.05, 0) is 38.5 Å². The smallest absolute Gasteiger partial charge is 0.323 e. The maximum Gasteiger partial charge on any atom is 0.323 e. The van der Waals surface area contributed by atoms with Crippen molar-refractivity contribution in [1.29, 1.82) is 0 Å². The number of likely N-dealkylation sites (tertiary alicyclic amines) is 1. The van der Waals surface area contributed by atoms with Crippen molar-refractivity contribution in [2.75, 3.05) is 11.9 Å². The van der Waals surface area contributed by atoms with Crippen molar-refractivity contribution in [3.05, 3.63) is 29.8 Å². The molecule has 7 heteroatoms. The van der Waals surface area contributed by atoms with E-state index in [0.717, 1.165) is 43.2 Å². The Bertz CT molecular complexity index is 747. The first kappa shape index (κ1) is 17.1. The molecular weight excluding hydrogens is 330 g/mol. The Hall–Kier alpha value is -2.31. The van der Waals surface area contributed by atoms with Crippen LogP contribution in [-0.2, 0) is 6.54 Å². The van der Waals surface area contributed by atoms with Crippen LogP contribution in [0.4, 0.5) is 10.6 Å². The molecule has 1 atom stereocenters. The van der Waals surface area contributed by atoms with Crippen LogP contribution in [0.3, 0.4) is 0 Å². The van der Waals surface area contributed by atoms with E-state index in [1.807, 2.05) is 28.6 Å². The van der Waals surface area contributed by atoms with Crippen molar-refractivity contribution in [2.45, 2.75) is 64.5 Å². The lowest BCUT2D eigenvalue weighted by Gasteiger charge is -2.25. The molecule has 2 amide bonds. The monoisotopic (exact) mass is 357 g/mol. The fourth-order valence-corrected chi connectivity index (χ4v) is 4.24. The van der Waals surface area contributed by atoms with Crippen LogP contribution < -0.4 is 5.32 Å². The number of aryl methyl sites for hydroxylation is 1. The molecule has 2 fully saturated rings. The van der Waals surface area contributed by atoms with Gasteiger partial charge < -0.3 is 9.42 Å². The van der Waals surface area contributed by atoms with Gasteiger partial charge in [-0.15, -0.1) is 0 Å². The van der Waals surface area contributed by atoms with E-state index >= 15 is 0 Å². The van der Waals surface area contributed by atoms with Crippen LogP contribution in [0.15, 0.2) is 22.9 Å². The highest BCUT2D eigenvalue weighted by molar-refractivity contribution is 5.88. The van der Waals surface area contributed by atoms with E-state index in [9.17, 15) is 4.79 Å². The highest BCUT2D eigenvalue weighted by Crippen LogP contribution is 2.32. The summed E-state index contributed by atoms with van der Waals surface area (Å²) in [7, 11) is 0. The minimum absolute atomic E-state index is 0.0119. The minimum atomic E-state index is -0.0847. The summed E-state index contributed by atoms with van der Waals surface area (Å²) >= 11 is 0. The molecule has 3 heterocycles. The van der Waals surface area contributed by atoms with Gasteiger partial charge in [0.1, 0.15) is 17.3 Å². The van der Waals surface area contributed by atoms with Gasteiger partial charge in [-0.25, -0.2) is 9.48 Å². The Morgan fingerprint density at radius 3 is 2.88 bits per heavy atom. The molecule has 0 spiro atoms. The molecule has 140 valence electrons. The van der Waals surface area contributed by atoms with Crippen molar-refractivity contribution in [2.24, 2.45) is 5.92 Å². The largest absolute Gasteiger partial charge is 0.361 e. The SMILES string of the molecule is Cc1cc(C2CCCN2C(=O)Nc2ccnn2CC2CCCCC2)no1. The van der Waals surface area contributed by atoms with Crippen LogP contribution in [-0.4, -0.2) is 32.4 Å². The highest BCUT2D eigenvalue weighted by atomic mass is 16.5. The zero-order valence-corrected chi connectivity index (χ0v) is 15.4. The fourth-order valence-electron chi connectivity index (χ4n) is 4.24. The third-order valence-corrected chi connectivity index (χ3v) is 5.61. The van der Waals surface area contributed by atoms with Crippen molar-refractivity contribution >= 4 is 11.8 Å². The average molecular weight is 357 g/mol. The third kappa shape index (κ3) is 3.61. The van der Waals surface area contributed by atoms with E-state index in [2.05, 4.69) is 15.6 Å². The first-order valence-corrected chi connectivity index (χ1v) is 9.73. The molecule has 2 aromatic rings. The standard InChI is InChI=1S/C19H27N5O2/c1-14-12-16(22-26-14)17-8-5-11-23(17)19(25)21-18-9-10-20-24(18)13-15-6-3-2-4-7-15/h9-10,12,15,17H,2-8,11,13H2,1H3,(H,21,25). The van der Waals surface area contributed by atoms with Gasteiger partial charge in [0.15, 0.2) is 0 Å². The van der Waals surface area contributed by atoms with Gasteiger partial charge in [0.05, 0.1) is 12.2 Å². The molecule has 26 heavy (non-hydrogen) atoms. The Labute approximate surface area is 153 Å². The summed E-state index contributed by atoms with van der Waals surface area (Å²) in [6.07, 6.45) is 10.1. The summed E-state index contributed by atoms with van der Waals surface area (Å²) in [4.78, 5) is 14.7. The van der Waals surface area contributed by atoms with E-state index in [1.54, 1.807) is 6.20 Å². The second-order valence-corrected chi connectivity index (χ2v) is 7.55. The number of carbonyl (C=O) groups excluding carboxylic acids is 1. The number of hydrogen-bond donors (Lipinski definition) is 1. The Morgan fingerprint density at radius 1 is 1.27 bits per heavy atom. The Morgan fingerprint density at radius 2 is 2.12 bits per heavy atom. The first-order chi connectivity index (χ1) is 12.7. The van der Waals surface area contributed by atoms with Crippen molar-refractivity contribution in [3.8, 4) is 0 Å². The molecule has 0 aromatic carbocycles. The molecule has 0 bridgehead atoms. The molecular formula is C19H27N5O2. The van der Waals surface area contributed by atoms with Gasteiger partial charge in [0.25, 0.3) is 0 Å². The summed E-state index contributed by atoms with van der Waals surface area (Å²) < 4.78 is 7.14. The Balaban J connectivity index is 1.42. The molecule has 1 unspecified atom stereocenters. The molecule has 0 radical (unpaired) electrons. The van der Waals surface area contributed by atoms with Crippen molar-refractivity contribution < 1.29 is 9.32 Å². The molecule has 1 saturated heterocycles. The maximum absolute atomic E-state index is 12.9. The minimum Gasteiger partial charge on any atom is -0.361 e. The van der Waals surface area contributed by atoms with Crippen molar-refractivity contribution in [1.82, 2.24) is 19.8 Å². The number of carbonyl (C=O) groups is 1. The molecule has 7 nitrogen and oxygen atoms in total. The predicted molar refractivity (Wildman–Crippen MR) is 97.7 cm³/mol. The third-order valence-electron chi connectivity index (χ3n) is 5.61. The van der Waals surface area contributed by atoms with Gasteiger partial charge in [-0.3, -0.25) is 5.32 Å². The lowest BCUT2D eigenvalue weighted by atomic mass is 9.89. The zero-order valence-electron chi connectivity index (χ0n) is 15.4. The van der Waals surface area contributed by atoms with E-state index in [-0.39, 0.29) is 12.1 Å². The van der Waals surface area contributed by atoms with Crippen LogP contribution in [0.25, 0.3) is 0 Å². The number of nitrogens with one attached hydrogen (secondary N) is 1. The first-order valence-electron chi connectivity index (χ1n) is 9.73. The molecule has 4 rings (SSSR count). The van der Waals surface area contributed by atoms with E-state index in [4.69, 9.17) is 4.52 Å². The number of hydrogen-bond acceptors (Lipinski definition) is 4. The summed E-state index contributed by atoms with van der Waals surface area (Å²) in [6.45, 7) is 3.49. The van der Waals surface area contributed by atoms with Crippen LogP contribution >= 0.6 is 0 Å². The summed E-state index contributed by atoms with van der Waals surface area (Å²) in [6, 6.07) is 3.70. The van der Waals surface area contributed by atoms with Gasteiger partial charge in [-0.1, -0.05) is 24.4 Å².